The van der Waals surface area contributed by atoms with Gasteiger partial charge in [-0.25, -0.2) is 4.79 Å². The molecule has 0 atom stereocenters. The average Bonchev–Trinajstić information content (AvgIpc) is 3.02. The first-order valence-corrected chi connectivity index (χ1v) is 8.70. The lowest BCUT2D eigenvalue weighted by atomic mass is 9.89. The Morgan fingerprint density at radius 2 is 1.88 bits per heavy atom. The van der Waals surface area contributed by atoms with E-state index in [2.05, 4.69) is 15.7 Å². The molecule has 3 heterocycles. The SMILES string of the molecule is O=C(O)N1CCC(c2cn(-c3ccc(Cl)cc3)c3cnccc23)CC1. The van der Waals surface area contributed by atoms with Crippen molar-refractivity contribution < 1.29 is 9.90 Å². The maximum atomic E-state index is 11.1. The minimum atomic E-state index is -0.828. The topological polar surface area (TPSA) is 58.4 Å². The number of hydrogen-bond donors (Lipinski definition) is 1. The highest BCUT2D eigenvalue weighted by molar-refractivity contribution is 6.30. The van der Waals surface area contributed by atoms with Crippen LogP contribution in [0.4, 0.5) is 4.79 Å². The van der Waals surface area contributed by atoms with Crippen LogP contribution in [0.25, 0.3) is 16.6 Å². The Bertz CT molecular complexity index is 912. The van der Waals surface area contributed by atoms with Crippen molar-refractivity contribution >= 4 is 28.6 Å². The van der Waals surface area contributed by atoms with Crippen LogP contribution in [0.2, 0.25) is 5.02 Å². The number of benzene rings is 1. The maximum Gasteiger partial charge on any atom is 0.407 e. The van der Waals surface area contributed by atoms with Crippen LogP contribution in [0.1, 0.15) is 24.3 Å². The lowest BCUT2D eigenvalue weighted by Gasteiger charge is -2.29. The summed E-state index contributed by atoms with van der Waals surface area (Å²) in [4.78, 5) is 16.9. The molecule has 1 amide bonds. The number of piperidine rings is 1. The van der Waals surface area contributed by atoms with E-state index in [4.69, 9.17) is 16.7 Å². The van der Waals surface area contributed by atoms with E-state index >= 15 is 0 Å². The van der Waals surface area contributed by atoms with Crippen molar-refractivity contribution in [3.05, 3.63) is 59.5 Å². The van der Waals surface area contributed by atoms with E-state index in [1.165, 1.54) is 15.8 Å². The molecule has 0 unspecified atom stereocenters. The van der Waals surface area contributed by atoms with Crippen LogP contribution in [0.5, 0.6) is 0 Å². The fourth-order valence-electron chi connectivity index (χ4n) is 3.62. The van der Waals surface area contributed by atoms with Crippen LogP contribution >= 0.6 is 11.6 Å². The Kier molecular flexibility index (Phi) is 4.09. The van der Waals surface area contributed by atoms with Gasteiger partial charge in [0, 0.05) is 41.6 Å². The molecule has 5 nitrogen and oxygen atoms in total. The summed E-state index contributed by atoms with van der Waals surface area (Å²) in [5, 5.41) is 11.0. The fraction of sp³-hybridized carbons (Fsp3) is 0.263. The van der Waals surface area contributed by atoms with Crippen LogP contribution in [0.3, 0.4) is 0 Å². The van der Waals surface area contributed by atoms with Crippen LogP contribution < -0.4 is 0 Å². The van der Waals surface area contributed by atoms with Crippen molar-refractivity contribution in [2.75, 3.05) is 13.1 Å². The molecule has 128 valence electrons. The number of rotatable bonds is 2. The molecule has 25 heavy (non-hydrogen) atoms. The first-order valence-electron chi connectivity index (χ1n) is 8.32. The van der Waals surface area contributed by atoms with Crippen LogP contribution in [0.15, 0.2) is 48.9 Å². The van der Waals surface area contributed by atoms with E-state index in [0.717, 1.165) is 24.0 Å². The number of hydrogen-bond acceptors (Lipinski definition) is 2. The van der Waals surface area contributed by atoms with E-state index in [1.807, 2.05) is 42.7 Å². The second kappa shape index (κ2) is 6.41. The van der Waals surface area contributed by atoms with Crippen LogP contribution in [-0.4, -0.2) is 38.7 Å². The largest absolute Gasteiger partial charge is 0.465 e. The predicted molar refractivity (Wildman–Crippen MR) is 97.7 cm³/mol. The van der Waals surface area contributed by atoms with Crippen LogP contribution in [-0.2, 0) is 0 Å². The molecule has 3 aromatic rings. The van der Waals surface area contributed by atoms with E-state index in [9.17, 15) is 4.79 Å². The molecule has 0 saturated carbocycles. The van der Waals surface area contributed by atoms with Crippen LogP contribution in [0, 0.1) is 0 Å². The summed E-state index contributed by atoms with van der Waals surface area (Å²) in [6.45, 7) is 1.16. The van der Waals surface area contributed by atoms with E-state index in [0.29, 0.717) is 24.0 Å². The van der Waals surface area contributed by atoms with Gasteiger partial charge in [0.1, 0.15) is 0 Å². The van der Waals surface area contributed by atoms with Gasteiger partial charge in [0.25, 0.3) is 0 Å². The van der Waals surface area contributed by atoms with Gasteiger partial charge in [-0.05, 0) is 54.7 Å². The number of aromatic nitrogens is 2. The average molecular weight is 356 g/mol. The molecule has 1 aromatic carbocycles. The quantitative estimate of drug-likeness (QED) is 0.734. The Balaban J connectivity index is 1.73. The Hall–Kier alpha value is -2.53. The molecule has 1 N–H and O–H groups in total. The molecule has 4 rings (SSSR count). The zero-order chi connectivity index (χ0) is 17.4. The fourth-order valence-corrected chi connectivity index (χ4v) is 3.75. The monoisotopic (exact) mass is 355 g/mol. The summed E-state index contributed by atoms with van der Waals surface area (Å²) in [5.41, 5.74) is 3.36. The first-order chi connectivity index (χ1) is 12.1. The third kappa shape index (κ3) is 2.96. The van der Waals surface area contributed by atoms with Crippen molar-refractivity contribution in [2.45, 2.75) is 18.8 Å². The van der Waals surface area contributed by atoms with Gasteiger partial charge >= 0.3 is 6.09 Å². The second-order valence-corrected chi connectivity index (χ2v) is 6.80. The molecule has 0 spiro atoms. The molecular weight excluding hydrogens is 338 g/mol. The highest BCUT2D eigenvalue weighted by Gasteiger charge is 2.26. The first kappa shape index (κ1) is 16.0. The molecular formula is C19H18ClN3O2. The van der Waals surface area contributed by atoms with Gasteiger partial charge in [-0.15, -0.1) is 0 Å². The third-order valence-corrected chi connectivity index (χ3v) is 5.20. The van der Waals surface area contributed by atoms with Gasteiger partial charge in [0.15, 0.2) is 0 Å². The summed E-state index contributed by atoms with van der Waals surface area (Å²) in [6, 6.07) is 9.78. The van der Waals surface area contributed by atoms with E-state index in [1.54, 1.807) is 0 Å². The van der Waals surface area contributed by atoms with Gasteiger partial charge < -0.3 is 14.6 Å². The molecule has 6 heteroatoms. The molecule has 0 bridgehead atoms. The summed E-state index contributed by atoms with van der Waals surface area (Å²) in [7, 11) is 0. The minimum Gasteiger partial charge on any atom is -0.465 e. The predicted octanol–water partition coefficient (Wildman–Crippen LogP) is 4.54. The number of carboxylic acid groups (broad SMARTS) is 1. The Morgan fingerprint density at radius 3 is 2.56 bits per heavy atom. The Morgan fingerprint density at radius 1 is 1.16 bits per heavy atom. The third-order valence-electron chi connectivity index (χ3n) is 4.95. The molecule has 0 aliphatic carbocycles. The van der Waals surface area contributed by atoms with Gasteiger partial charge in [0.05, 0.1) is 11.7 Å². The molecule has 1 aliphatic rings. The summed E-state index contributed by atoms with van der Waals surface area (Å²) in [5.74, 6) is 0.356. The standard InChI is InChI=1S/C19H18ClN3O2/c20-14-1-3-15(4-2-14)23-12-17(16-5-8-21-11-18(16)23)13-6-9-22(10-7-13)19(24)25/h1-5,8,11-13H,6-7,9-10H2,(H,24,25). The van der Waals surface area contributed by atoms with Crippen molar-refractivity contribution in [1.82, 2.24) is 14.5 Å². The van der Waals surface area contributed by atoms with Gasteiger partial charge in [-0.2, -0.15) is 0 Å². The Labute approximate surface area is 150 Å². The maximum absolute atomic E-state index is 11.1. The highest BCUT2D eigenvalue weighted by atomic mass is 35.5. The number of amides is 1. The zero-order valence-electron chi connectivity index (χ0n) is 13.6. The van der Waals surface area contributed by atoms with Gasteiger partial charge in [-0.3, -0.25) is 4.98 Å². The molecule has 1 fully saturated rings. The second-order valence-electron chi connectivity index (χ2n) is 6.37. The zero-order valence-corrected chi connectivity index (χ0v) is 14.4. The van der Waals surface area contributed by atoms with Crippen molar-refractivity contribution in [3.8, 4) is 5.69 Å². The number of halogens is 1. The number of fused-ring (bicyclic) bond motifs is 1. The minimum absolute atomic E-state index is 0.356. The molecule has 0 radical (unpaired) electrons. The number of carbonyl (C=O) groups is 1. The smallest absolute Gasteiger partial charge is 0.407 e. The summed E-state index contributed by atoms with van der Waals surface area (Å²) < 4.78 is 2.14. The van der Waals surface area contributed by atoms with E-state index in [-0.39, 0.29) is 0 Å². The normalized spacial score (nSPS) is 15.6. The molecule has 1 aliphatic heterocycles. The van der Waals surface area contributed by atoms with Gasteiger partial charge in [0.2, 0.25) is 0 Å². The van der Waals surface area contributed by atoms with Crippen molar-refractivity contribution in [3.63, 3.8) is 0 Å². The van der Waals surface area contributed by atoms with Crippen molar-refractivity contribution in [2.24, 2.45) is 0 Å². The van der Waals surface area contributed by atoms with E-state index < -0.39 is 6.09 Å². The lowest BCUT2D eigenvalue weighted by Crippen LogP contribution is -2.36. The van der Waals surface area contributed by atoms with Gasteiger partial charge in [-0.1, -0.05) is 11.6 Å². The lowest BCUT2D eigenvalue weighted by molar-refractivity contribution is 0.132. The summed E-state index contributed by atoms with van der Waals surface area (Å²) in [6.07, 6.45) is 6.70. The number of nitrogens with zero attached hydrogens (tertiary/aromatic N) is 3. The number of likely N-dealkylation sites (tertiary alicyclic amines) is 1. The van der Waals surface area contributed by atoms with Crippen molar-refractivity contribution in [1.29, 1.82) is 0 Å². The summed E-state index contributed by atoms with van der Waals surface area (Å²) >= 11 is 6.01. The molecule has 1 saturated heterocycles. The highest BCUT2D eigenvalue weighted by Crippen LogP contribution is 2.35. The molecule has 2 aromatic heterocycles. The number of pyridine rings is 1.